The fourth-order valence-corrected chi connectivity index (χ4v) is 2.37. The van der Waals surface area contributed by atoms with Gasteiger partial charge in [-0.3, -0.25) is 4.79 Å². The molecule has 1 saturated carbocycles. The van der Waals surface area contributed by atoms with Crippen molar-refractivity contribution in [3.05, 3.63) is 17.8 Å². The first-order valence-corrected chi connectivity index (χ1v) is 6.85. The number of pyridine rings is 1. The van der Waals surface area contributed by atoms with E-state index in [-0.39, 0.29) is 0 Å². The van der Waals surface area contributed by atoms with Crippen LogP contribution in [0.1, 0.15) is 30.1 Å². The molecule has 20 heavy (non-hydrogen) atoms. The van der Waals surface area contributed by atoms with Gasteiger partial charge in [-0.2, -0.15) is 0 Å². The van der Waals surface area contributed by atoms with Crippen molar-refractivity contribution in [1.82, 2.24) is 4.98 Å². The van der Waals surface area contributed by atoms with Gasteiger partial charge >= 0.3 is 0 Å². The molecule has 1 aromatic rings. The molecule has 110 valence electrons. The highest BCUT2D eigenvalue weighted by atomic mass is 16.5. The summed E-state index contributed by atoms with van der Waals surface area (Å²) in [5.41, 5.74) is 11.7. The third-order valence-corrected chi connectivity index (χ3v) is 3.81. The van der Waals surface area contributed by atoms with E-state index in [1.165, 1.54) is 19.0 Å². The summed E-state index contributed by atoms with van der Waals surface area (Å²) in [7, 11) is 1.67. The van der Waals surface area contributed by atoms with E-state index in [0.29, 0.717) is 29.8 Å². The summed E-state index contributed by atoms with van der Waals surface area (Å²) in [4.78, 5) is 17.9. The molecule has 2 rings (SSSR count). The molecule has 4 N–H and O–H groups in total. The lowest BCUT2D eigenvalue weighted by Crippen LogP contribution is -2.38. The second kappa shape index (κ2) is 6.09. The smallest absolute Gasteiger partial charge is 0.250 e. The van der Waals surface area contributed by atoms with Gasteiger partial charge in [-0.1, -0.05) is 0 Å². The van der Waals surface area contributed by atoms with Gasteiger partial charge in [-0.05, 0) is 31.7 Å². The van der Waals surface area contributed by atoms with Crippen LogP contribution >= 0.6 is 0 Å². The summed E-state index contributed by atoms with van der Waals surface area (Å²) in [6.07, 6.45) is 3.97. The zero-order chi connectivity index (χ0) is 14.7. The molecule has 1 aromatic heterocycles. The lowest BCUT2D eigenvalue weighted by Gasteiger charge is -2.30. The molecular formula is C14H22N4O2. The van der Waals surface area contributed by atoms with E-state index in [9.17, 15) is 4.79 Å². The highest BCUT2D eigenvalue weighted by molar-refractivity contribution is 5.98. The molecule has 1 heterocycles. The number of nitrogens with zero attached hydrogens (tertiary/aromatic N) is 2. The number of primary amides is 1. The Kier molecular flexibility index (Phi) is 4.44. The highest BCUT2D eigenvalue weighted by Gasteiger charge is 2.32. The van der Waals surface area contributed by atoms with Crippen LogP contribution in [0.25, 0.3) is 0 Å². The third-order valence-electron chi connectivity index (χ3n) is 3.81. The zero-order valence-corrected chi connectivity index (χ0v) is 12.0. The van der Waals surface area contributed by atoms with Crippen LogP contribution in [0, 0.1) is 5.92 Å². The summed E-state index contributed by atoms with van der Waals surface area (Å²) in [5.74, 6) is 0.879. The van der Waals surface area contributed by atoms with Crippen LogP contribution in [0.15, 0.2) is 12.3 Å². The number of nitrogens with two attached hydrogens (primary N) is 2. The summed E-state index contributed by atoms with van der Waals surface area (Å²) < 4.78 is 5.16. The number of amides is 1. The van der Waals surface area contributed by atoms with Gasteiger partial charge in [-0.15, -0.1) is 0 Å². The van der Waals surface area contributed by atoms with Crippen molar-refractivity contribution in [2.75, 3.05) is 30.9 Å². The van der Waals surface area contributed by atoms with Crippen molar-refractivity contribution in [2.24, 2.45) is 11.7 Å². The molecule has 0 bridgehead atoms. The van der Waals surface area contributed by atoms with Crippen LogP contribution in [0.4, 0.5) is 11.5 Å². The Morgan fingerprint density at radius 1 is 1.60 bits per heavy atom. The molecular weight excluding hydrogens is 256 g/mol. The van der Waals surface area contributed by atoms with Crippen LogP contribution in [0.3, 0.4) is 0 Å². The van der Waals surface area contributed by atoms with Gasteiger partial charge in [0.1, 0.15) is 5.82 Å². The van der Waals surface area contributed by atoms with Crippen LogP contribution in [0.2, 0.25) is 0 Å². The topological polar surface area (TPSA) is 94.5 Å². The SMILES string of the molecule is COCCN(c1cc(C(N)=O)c(N)cn1)C(C)C1CC1. The first-order valence-electron chi connectivity index (χ1n) is 6.85. The summed E-state index contributed by atoms with van der Waals surface area (Å²) in [6.45, 7) is 3.51. The predicted molar refractivity (Wildman–Crippen MR) is 78.6 cm³/mol. The van der Waals surface area contributed by atoms with Crippen molar-refractivity contribution in [1.29, 1.82) is 0 Å². The van der Waals surface area contributed by atoms with Crippen molar-refractivity contribution >= 4 is 17.4 Å². The lowest BCUT2D eigenvalue weighted by atomic mass is 10.1. The van der Waals surface area contributed by atoms with Crippen molar-refractivity contribution < 1.29 is 9.53 Å². The molecule has 0 aliphatic heterocycles. The summed E-state index contributed by atoms with van der Waals surface area (Å²) >= 11 is 0. The van der Waals surface area contributed by atoms with Crippen molar-refractivity contribution in [3.8, 4) is 0 Å². The van der Waals surface area contributed by atoms with E-state index in [4.69, 9.17) is 16.2 Å². The Labute approximate surface area is 119 Å². The maximum Gasteiger partial charge on any atom is 0.250 e. The molecule has 0 saturated heterocycles. The van der Waals surface area contributed by atoms with E-state index in [0.717, 1.165) is 12.4 Å². The van der Waals surface area contributed by atoms with Gasteiger partial charge in [0.15, 0.2) is 0 Å². The molecule has 6 nitrogen and oxygen atoms in total. The predicted octanol–water partition coefficient (Wildman–Crippen LogP) is 1.01. The molecule has 0 aromatic carbocycles. The van der Waals surface area contributed by atoms with Crippen LogP contribution in [-0.2, 0) is 4.74 Å². The number of aromatic nitrogens is 1. The number of carbonyl (C=O) groups is 1. The van der Waals surface area contributed by atoms with E-state index >= 15 is 0 Å². The average molecular weight is 278 g/mol. The third kappa shape index (κ3) is 3.19. The summed E-state index contributed by atoms with van der Waals surface area (Å²) in [6, 6.07) is 2.04. The first-order chi connectivity index (χ1) is 9.54. The minimum atomic E-state index is -0.531. The number of carbonyl (C=O) groups excluding carboxylic acids is 1. The van der Waals surface area contributed by atoms with E-state index in [2.05, 4.69) is 16.8 Å². The first kappa shape index (κ1) is 14.6. The molecule has 0 spiro atoms. The molecule has 1 aliphatic carbocycles. The minimum Gasteiger partial charge on any atom is -0.397 e. The molecule has 1 aliphatic rings. The number of hydrogen-bond donors (Lipinski definition) is 2. The van der Waals surface area contributed by atoms with E-state index in [1.807, 2.05) is 0 Å². The second-order valence-corrected chi connectivity index (χ2v) is 5.26. The fraction of sp³-hybridized carbons (Fsp3) is 0.571. The molecule has 1 unspecified atom stereocenters. The molecule has 1 fully saturated rings. The van der Waals surface area contributed by atoms with Gasteiger partial charge in [0, 0.05) is 19.7 Å². The number of hydrogen-bond acceptors (Lipinski definition) is 5. The molecule has 1 atom stereocenters. The molecule has 0 radical (unpaired) electrons. The monoisotopic (exact) mass is 278 g/mol. The van der Waals surface area contributed by atoms with E-state index in [1.54, 1.807) is 13.2 Å². The maximum absolute atomic E-state index is 11.4. The van der Waals surface area contributed by atoms with E-state index < -0.39 is 5.91 Å². The normalized spacial score (nSPS) is 15.9. The average Bonchev–Trinajstić information content (AvgIpc) is 3.24. The standard InChI is InChI=1S/C14H22N4O2/c1-9(10-3-4-10)18(5-6-20-2)13-7-11(14(16)19)12(15)8-17-13/h7-10H,3-6,15H2,1-2H3,(H2,16,19). The summed E-state index contributed by atoms with van der Waals surface area (Å²) in [5, 5.41) is 0. The zero-order valence-electron chi connectivity index (χ0n) is 12.0. The van der Waals surface area contributed by atoms with Crippen molar-refractivity contribution in [3.63, 3.8) is 0 Å². The highest BCUT2D eigenvalue weighted by Crippen LogP contribution is 2.36. The number of rotatable bonds is 7. The second-order valence-electron chi connectivity index (χ2n) is 5.26. The van der Waals surface area contributed by atoms with Gasteiger partial charge in [0.2, 0.25) is 0 Å². The minimum absolute atomic E-state index is 0.312. The van der Waals surface area contributed by atoms with Gasteiger partial charge in [0.05, 0.1) is 24.1 Å². The molecule has 1 amide bonds. The Balaban J connectivity index is 2.27. The van der Waals surface area contributed by atoms with Gasteiger partial charge in [0.25, 0.3) is 5.91 Å². The van der Waals surface area contributed by atoms with Crippen LogP contribution < -0.4 is 16.4 Å². The number of methoxy groups -OCH3 is 1. The fourth-order valence-electron chi connectivity index (χ4n) is 2.37. The van der Waals surface area contributed by atoms with Gasteiger partial charge < -0.3 is 21.1 Å². The Morgan fingerprint density at radius 2 is 2.30 bits per heavy atom. The quantitative estimate of drug-likeness (QED) is 0.776. The Morgan fingerprint density at radius 3 is 2.85 bits per heavy atom. The number of ether oxygens (including phenoxy) is 1. The molecule has 6 heteroatoms. The van der Waals surface area contributed by atoms with Crippen molar-refractivity contribution in [2.45, 2.75) is 25.8 Å². The van der Waals surface area contributed by atoms with Gasteiger partial charge in [-0.25, -0.2) is 4.98 Å². The largest absolute Gasteiger partial charge is 0.397 e. The maximum atomic E-state index is 11.4. The Bertz CT molecular complexity index is 488. The lowest BCUT2D eigenvalue weighted by molar-refractivity contribution is 0.100. The number of nitrogen functional groups attached to an aromatic ring is 1. The van der Waals surface area contributed by atoms with Crippen LogP contribution in [-0.4, -0.2) is 37.2 Å². The Hall–Kier alpha value is -1.82. The van der Waals surface area contributed by atoms with Crippen LogP contribution in [0.5, 0.6) is 0 Å². The number of anilines is 2.